The van der Waals surface area contributed by atoms with Crippen LogP contribution in [0.5, 0.6) is 11.5 Å². The van der Waals surface area contributed by atoms with Gasteiger partial charge < -0.3 is 10.1 Å². The lowest BCUT2D eigenvalue weighted by Crippen LogP contribution is -2.35. The molecule has 0 radical (unpaired) electrons. The number of carbonyl (C=O) groups excluding carboxylic acids is 1. The zero-order valence-electron chi connectivity index (χ0n) is 15.4. The van der Waals surface area contributed by atoms with Gasteiger partial charge in [0.25, 0.3) is 0 Å². The number of rotatable bonds is 7. The van der Waals surface area contributed by atoms with Crippen LogP contribution in [0.4, 0.5) is 0 Å². The maximum Gasteiger partial charge on any atom is 0.235 e. The highest BCUT2D eigenvalue weighted by Gasteiger charge is 2.30. The van der Waals surface area contributed by atoms with E-state index in [9.17, 15) is 13.2 Å². The zero-order chi connectivity index (χ0) is 19.3. The lowest BCUT2D eigenvalue weighted by Gasteiger charge is -2.16. The van der Waals surface area contributed by atoms with Gasteiger partial charge in [0.1, 0.15) is 17.3 Å². The van der Waals surface area contributed by atoms with Gasteiger partial charge in [0, 0.05) is 0 Å². The monoisotopic (exact) mass is 387 g/mol. The fourth-order valence-corrected chi connectivity index (χ4v) is 5.10. The van der Waals surface area contributed by atoms with Gasteiger partial charge in [0.2, 0.25) is 5.91 Å². The Morgan fingerprint density at radius 2 is 1.63 bits per heavy atom. The van der Waals surface area contributed by atoms with Crippen molar-refractivity contribution in [3.8, 4) is 11.5 Å². The first-order valence-corrected chi connectivity index (χ1v) is 11.0. The summed E-state index contributed by atoms with van der Waals surface area (Å²) in [6.07, 6.45) is 3.21. The van der Waals surface area contributed by atoms with Crippen LogP contribution in [0, 0.1) is 0 Å². The molecule has 3 rings (SSSR count). The summed E-state index contributed by atoms with van der Waals surface area (Å²) in [7, 11) is -3.36. The third-order valence-corrected chi connectivity index (χ3v) is 7.03. The molecular formula is C21H25NO4S. The molecular weight excluding hydrogens is 362 g/mol. The minimum Gasteiger partial charge on any atom is -0.457 e. The molecule has 1 aliphatic rings. The molecule has 1 aliphatic carbocycles. The van der Waals surface area contributed by atoms with Gasteiger partial charge in [-0.1, -0.05) is 43.2 Å². The van der Waals surface area contributed by atoms with Gasteiger partial charge in [-0.3, -0.25) is 4.79 Å². The number of hydrogen-bond donors (Lipinski definition) is 1. The van der Waals surface area contributed by atoms with Crippen LogP contribution in [-0.4, -0.2) is 25.3 Å². The number of benzene rings is 2. The second-order valence-electron chi connectivity index (χ2n) is 6.99. The van der Waals surface area contributed by atoms with Gasteiger partial charge in [-0.15, -0.1) is 0 Å². The quantitative estimate of drug-likeness (QED) is 0.779. The van der Waals surface area contributed by atoms with E-state index in [0.717, 1.165) is 24.2 Å². The lowest BCUT2D eigenvalue weighted by molar-refractivity contribution is -0.119. The van der Waals surface area contributed by atoms with Crippen molar-refractivity contribution in [3.63, 3.8) is 0 Å². The van der Waals surface area contributed by atoms with Crippen molar-refractivity contribution in [2.45, 2.75) is 43.9 Å². The Morgan fingerprint density at radius 1 is 1.04 bits per heavy atom. The molecule has 1 saturated carbocycles. The van der Waals surface area contributed by atoms with E-state index in [2.05, 4.69) is 5.32 Å². The van der Waals surface area contributed by atoms with Crippen LogP contribution < -0.4 is 10.1 Å². The fraction of sp³-hybridized carbons (Fsp3) is 0.381. The maximum absolute atomic E-state index is 12.3. The molecule has 1 fully saturated rings. The van der Waals surface area contributed by atoms with E-state index in [-0.39, 0.29) is 11.3 Å². The first-order valence-electron chi connectivity index (χ1n) is 9.28. The van der Waals surface area contributed by atoms with E-state index in [1.807, 2.05) is 61.5 Å². The minimum atomic E-state index is -3.36. The van der Waals surface area contributed by atoms with Crippen LogP contribution in [0.1, 0.15) is 44.2 Å². The molecule has 6 heteroatoms. The summed E-state index contributed by atoms with van der Waals surface area (Å²) in [5, 5.41) is 2.43. The topological polar surface area (TPSA) is 72.5 Å². The highest BCUT2D eigenvalue weighted by Crippen LogP contribution is 2.26. The van der Waals surface area contributed by atoms with Gasteiger partial charge in [0.05, 0.1) is 11.3 Å². The van der Waals surface area contributed by atoms with Crippen LogP contribution in [0.3, 0.4) is 0 Å². The van der Waals surface area contributed by atoms with Crippen molar-refractivity contribution in [1.29, 1.82) is 0 Å². The Labute approximate surface area is 160 Å². The Balaban J connectivity index is 1.55. The van der Waals surface area contributed by atoms with Gasteiger partial charge in [-0.05, 0) is 49.6 Å². The first-order chi connectivity index (χ1) is 12.9. The number of sulfone groups is 1. The molecule has 27 heavy (non-hydrogen) atoms. The highest BCUT2D eigenvalue weighted by molar-refractivity contribution is 7.92. The van der Waals surface area contributed by atoms with Crippen LogP contribution in [0.2, 0.25) is 0 Å². The summed E-state index contributed by atoms with van der Waals surface area (Å²) in [6, 6.07) is 16.6. The van der Waals surface area contributed by atoms with Crippen LogP contribution in [0.15, 0.2) is 54.6 Å². The third kappa shape index (κ3) is 5.32. The second-order valence-corrected chi connectivity index (χ2v) is 9.27. The average molecular weight is 388 g/mol. The number of para-hydroxylation sites is 1. The highest BCUT2D eigenvalue weighted by atomic mass is 32.2. The zero-order valence-corrected chi connectivity index (χ0v) is 16.2. The smallest absolute Gasteiger partial charge is 0.235 e. The molecule has 0 heterocycles. The molecule has 0 aliphatic heterocycles. The molecule has 1 amide bonds. The predicted molar refractivity (Wildman–Crippen MR) is 106 cm³/mol. The Hall–Kier alpha value is -2.34. The summed E-state index contributed by atoms with van der Waals surface area (Å²) < 4.78 is 30.4. The normalized spacial score (nSPS) is 16.0. The summed E-state index contributed by atoms with van der Waals surface area (Å²) in [5.74, 6) is 0.576. The Kier molecular flexibility index (Phi) is 6.16. The van der Waals surface area contributed by atoms with Crippen LogP contribution >= 0.6 is 0 Å². The predicted octanol–water partition coefficient (Wildman–Crippen LogP) is 4.01. The Bertz CT molecular complexity index is 857. The summed E-state index contributed by atoms with van der Waals surface area (Å²) in [5.41, 5.74) is 0.891. The van der Waals surface area contributed by atoms with E-state index in [1.165, 1.54) is 0 Å². The van der Waals surface area contributed by atoms with E-state index < -0.39 is 21.5 Å². The molecule has 2 aromatic carbocycles. The number of hydrogen-bond acceptors (Lipinski definition) is 4. The number of ether oxygens (including phenoxy) is 1. The number of carbonyl (C=O) groups is 1. The average Bonchev–Trinajstić information content (AvgIpc) is 3.18. The summed E-state index contributed by atoms with van der Waals surface area (Å²) in [6.45, 7) is 1.84. The first kappa shape index (κ1) is 19.4. The van der Waals surface area contributed by atoms with Crippen molar-refractivity contribution in [2.24, 2.45) is 0 Å². The molecule has 0 aromatic heterocycles. The van der Waals surface area contributed by atoms with E-state index in [4.69, 9.17) is 4.74 Å². The summed E-state index contributed by atoms with van der Waals surface area (Å²) in [4.78, 5) is 12.2. The SMILES string of the molecule is CC(NC(=O)CS(=O)(=O)C1CCCC1)c1ccc(Oc2ccccc2)cc1. The van der Waals surface area contributed by atoms with E-state index in [1.54, 1.807) is 0 Å². The van der Waals surface area contributed by atoms with Crippen molar-refractivity contribution in [3.05, 3.63) is 60.2 Å². The van der Waals surface area contributed by atoms with Gasteiger partial charge >= 0.3 is 0 Å². The fourth-order valence-electron chi connectivity index (χ4n) is 3.36. The molecule has 2 aromatic rings. The van der Waals surface area contributed by atoms with Crippen molar-refractivity contribution >= 4 is 15.7 Å². The molecule has 144 valence electrons. The molecule has 1 unspecified atom stereocenters. The maximum atomic E-state index is 12.3. The van der Waals surface area contributed by atoms with Gasteiger partial charge in [0.15, 0.2) is 9.84 Å². The Morgan fingerprint density at radius 3 is 2.26 bits per heavy atom. The van der Waals surface area contributed by atoms with Crippen molar-refractivity contribution in [1.82, 2.24) is 5.32 Å². The standard InChI is InChI=1S/C21H25NO4S/c1-16(22-21(23)15-27(24,25)20-9-5-6-10-20)17-11-13-19(14-12-17)26-18-7-3-2-4-8-18/h2-4,7-8,11-14,16,20H,5-6,9-10,15H2,1H3,(H,22,23). The number of amides is 1. The van der Waals surface area contributed by atoms with Crippen molar-refractivity contribution in [2.75, 3.05) is 5.75 Å². The minimum absolute atomic E-state index is 0.276. The molecule has 0 bridgehead atoms. The largest absolute Gasteiger partial charge is 0.457 e. The molecule has 1 atom stereocenters. The summed E-state index contributed by atoms with van der Waals surface area (Å²) >= 11 is 0. The van der Waals surface area contributed by atoms with E-state index >= 15 is 0 Å². The van der Waals surface area contributed by atoms with E-state index in [0.29, 0.717) is 18.6 Å². The van der Waals surface area contributed by atoms with Gasteiger partial charge in [-0.25, -0.2) is 8.42 Å². The second kappa shape index (κ2) is 8.57. The number of nitrogens with one attached hydrogen (secondary N) is 1. The molecule has 0 saturated heterocycles. The molecule has 5 nitrogen and oxygen atoms in total. The van der Waals surface area contributed by atoms with Crippen LogP contribution in [-0.2, 0) is 14.6 Å². The van der Waals surface area contributed by atoms with Crippen molar-refractivity contribution < 1.29 is 17.9 Å². The third-order valence-electron chi connectivity index (χ3n) is 4.88. The van der Waals surface area contributed by atoms with Gasteiger partial charge in [-0.2, -0.15) is 0 Å². The van der Waals surface area contributed by atoms with Crippen LogP contribution in [0.25, 0.3) is 0 Å². The lowest BCUT2D eigenvalue weighted by atomic mass is 10.1. The molecule has 0 spiro atoms. The molecule has 1 N–H and O–H groups in total.